The van der Waals surface area contributed by atoms with E-state index in [0.29, 0.717) is 36.6 Å². The second-order valence-electron chi connectivity index (χ2n) is 6.07. The van der Waals surface area contributed by atoms with Crippen molar-refractivity contribution in [1.82, 2.24) is 9.55 Å². The Labute approximate surface area is 140 Å². The van der Waals surface area contributed by atoms with Crippen LogP contribution >= 0.6 is 0 Å². The topological polar surface area (TPSA) is 84.2 Å². The van der Waals surface area contributed by atoms with E-state index in [1.165, 1.54) is 10.1 Å². The Bertz CT molecular complexity index is 799. The van der Waals surface area contributed by atoms with Crippen molar-refractivity contribution in [3.8, 4) is 0 Å². The summed E-state index contributed by atoms with van der Waals surface area (Å²) in [6.45, 7) is 2.43. The van der Waals surface area contributed by atoms with E-state index in [2.05, 4.69) is 22.4 Å². The van der Waals surface area contributed by atoms with E-state index in [-0.39, 0.29) is 5.56 Å². The lowest BCUT2D eigenvalue weighted by molar-refractivity contribution is -0.140. The van der Waals surface area contributed by atoms with Crippen LogP contribution in [0.2, 0.25) is 0 Å². The van der Waals surface area contributed by atoms with Crippen LogP contribution in [-0.2, 0) is 17.6 Å². The van der Waals surface area contributed by atoms with E-state index in [9.17, 15) is 14.7 Å². The summed E-state index contributed by atoms with van der Waals surface area (Å²) in [5.74, 6) is -0.406. The van der Waals surface area contributed by atoms with Gasteiger partial charge in [0.05, 0.1) is 5.69 Å². The molecular weight excluding hydrogens is 306 g/mol. The predicted octanol–water partition coefficient (Wildman–Crippen LogP) is 2.17. The Balaban J connectivity index is 1.71. The molecule has 0 bridgehead atoms. The Hall–Kier alpha value is -2.63. The largest absolute Gasteiger partial charge is 0.480 e. The van der Waals surface area contributed by atoms with Gasteiger partial charge in [0.1, 0.15) is 17.6 Å². The fourth-order valence-electron chi connectivity index (χ4n) is 3.18. The summed E-state index contributed by atoms with van der Waals surface area (Å²) in [6.07, 6.45) is 2.76. The molecule has 3 rings (SSSR count). The molecule has 1 aliphatic rings. The minimum absolute atomic E-state index is 0.276. The maximum absolute atomic E-state index is 12.7. The Morgan fingerprint density at radius 3 is 2.83 bits per heavy atom. The van der Waals surface area contributed by atoms with Gasteiger partial charge in [-0.2, -0.15) is 0 Å². The molecule has 6 nitrogen and oxygen atoms in total. The second kappa shape index (κ2) is 6.86. The lowest BCUT2D eigenvalue weighted by Crippen LogP contribution is -2.31. The summed E-state index contributed by atoms with van der Waals surface area (Å²) in [5.41, 5.74) is 2.03. The number of hydrogen-bond donors (Lipinski definition) is 2. The number of anilines is 1. The van der Waals surface area contributed by atoms with Gasteiger partial charge in [0.25, 0.3) is 5.56 Å². The first-order valence-corrected chi connectivity index (χ1v) is 8.20. The number of aromatic nitrogens is 2. The summed E-state index contributed by atoms with van der Waals surface area (Å²) < 4.78 is 1.33. The van der Waals surface area contributed by atoms with Crippen molar-refractivity contribution < 1.29 is 9.90 Å². The summed E-state index contributed by atoms with van der Waals surface area (Å²) in [7, 11) is 0. The summed E-state index contributed by atoms with van der Waals surface area (Å²) in [5, 5.41) is 12.4. The highest BCUT2D eigenvalue weighted by molar-refractivity contribution is 5.72. The number of benzene rings is 1. The molecule has 0 unspecified atom stereocenters. The molecule has 2 aromatic rings. The minimum Gasteiger partial charge on any atom is -0.480 e. The SMILES string of the molecule is Cc1nc2n(c(=O)c1NCCCc1ccccc1)[C@H](C(=O)O)CC2. The smallest absolute Gasteiger partial charge is 0.326 e. The van der Waals surface area contributed by atoms with E-state index in [1.807, 2.05) is 18.2 Å². The van der Waals surface area contributed by atoms with E-state index in [1.54, 1.807) is 6.92 Å². The Morgan fingerprint density at radius 2 is 2.12 bits per heavy atom. The molecule has 126 valence electrons. The van der Waals surface area contributed by atoms with Crippen molar-refractivity contribution in [2.75, 3.05) is 11.9 Å². The number of hydrogen-bond acceptors (Lipinski definition) is 4. The van der Waals surface area contributed by atoms with Crippen LogP contribution in [0.5, 0.6) is 0 Å². The van der Waals surface area contributed by atoms with Gasteiger partial charge in [0, 0.05) is 13.0 Å². The molecule has 1 aromatic heterocycles. The van der Waals surface area contributed by atoms with Gasteiger partial charge in [-0.3, -0.25) is 9.36 Å². The fourth-order valence-corrected chi connectivity index (χ4v) is 3.18. The van der Waals surface area contributed by atoms with Gasteiger partial charge in [-0.1, -0.05) is 30.3 Å². The van der Waals surface area contributed by atoms with Crippen LogP contribution < -0.4 is 10.9 Å². The molecule has 0 amide bonds. The third kappa shape index (κ3) is 3.18. The highest BCUT2D eigenvalue weighted by Gasteiger charge is 2.31. The third-order valence-electron chi connectivity index (χ3n) is 4.39. The van der Waals surface area contributed by atoms with E-state index >= 15 is 0 Å². The maximum Gasteiger partial charge on any atom is 0.326 e. The fraction of sp³-hybridized carbons (Fsp3) is 0.389. The van der Waals surface area contributed by atoms with Gasteiger partial charge in [-0.15, -0.1) is 0 Å². The van der Waals surface area contributed by atoms with Crippen molar-refractivity contribution in [3.63, 3.8) is 0 Å². The van der Waals surface area contributed by atoms with Crippen molar-refractivity contribution in [1.29, 1.82) is 0 Å². The van der Waals surface area contributed by atoms with Crippen LogP contribution in [-0.4, -0.2) is 27.2 Å². The number of aliphatic carboxylic acids is 1. The number of rotatable bonds is 6. The van der Waals surface area contributed by atoms with Crippen molar-refractivity contribution in [3.05, 3.63) is 57.8 Å². The summed E-state index contributed by atoms with van der Waals surface area (Å²) >= 11 is 0. The number of carbonyl (C=O) groups is 1. The van der Waals surface area contributed by atoms with Crippen molar-refractivity contribution in [2.24, 2.45) is 0 Å². The lowest BCUT2D eigenvalue weighted by atomic mass is 10.1. The summed E-state index contributed by atoms with van der Waals surface area (Å²) in [4.78, 5) is 28.4. The molecule has 1 aliphatic heterocycles. The highest BCUT2D eigenvalue weighted by Crippen LogP contribution is 2.24. The van der Waals surface area contributed by atoms with Crippen LogP contribution in [0.4, 0.5) is 5.69 Å². The normalized spacial score (nSPS) is 16.0. The maximum atomic E-state index is 12.7. The molecule has 0 radical (unpaired) electrons. The molecule has 0 aliphatic carbocycles. The molecule has 6 heteroatoms. The molecule has 0 fully saturated rings. The number of fused-ring (bicyclic) bond motifs is 1. The molecule has 2 heterocycles. The summed E-state index contributed by atoms with van der Waals surface area (Å²) in [6, 6.07) is 9.36. The lowest BCUT2D eigenvalue weighted by Gasteiger charge is -2.14. The van der Waals surface area contributed by atoms with Gasteiger partial charge in [-0.25, -0.2) is 9.78 Å². The zero-order valence-corrected chi connectivity index (χ0v) is 13.7. The molecular formula is C18H21N3O3. The average molecular weight is 327 g/mol. The van der Waals surface area contributed by atoms with Crippen LogP contribution in [0.1, 0.15) is 36.0 Å². The molecule has 0 saturated heterocycles. The van der Waals surface area contributed by atoms with Gasteiger partial charge < -0.3 is 10.4 Å². The zero-order valence-electron chi connectivity index (χ0n) is 13.7. The van der Waals surface area contributed by atoms with Gasteiger partial charge in [0.15, 0.2) is 0 Å². The van der Waals surface area contributed by atoms with Crippen molar-refractivity contribution >= 4 is 11.7 Å². The van der Waals surface area contributed by atoms with Gasteiger partial charge in [-0.05, 0) is 31.7 Å². The first-order chi connectivity index (χ1) is 11.6. The van der Waals surface area contributed by atoms with E-state index < -0.39 is 12.0 Å². The third-order valence-corrected chi connectivity index (χ3v) is 4.39. The first-order valence-electron chi connectivity index (χ1n) is 8.20. The average Bonchev–Trinajstić information content (AvgIpc) is 2.99. The second-order valence-corrected chi connectivity index (χ2v) is 6.07. The zero-order chi connectivity index (χ0) is 17.1. The first kappa shape index (κ1) is 16.2. The van der Waals surface area contributed by atoms with Gasteiger partial charge >= 0.3 is 5.97 Å². The van der Waals surface area contributed by atoms with E-state index in [4.69, 9.17) is 0 Å². The molecule has 24 heavy (non-hydrogen) atoms. The molecule has 2 N–H and O–H groups in total. The number of nitrogens with zero attached hydrogens (tertiary/aromatic N) is 2. The number of carboxylic acids is 1. The van der Waals surface area contributed by atoms with Gasteiger partial charge in [0.2, 0.25) is 0 Å². The quantitative estimate of drug-likeness (QED) is 0.794. The Kier molecular flexibility index (Phi) is 4.64. The number of nitrogens with one attached hydrogen (secondary N) is 1. The van der Waals surface area contributed by atoms with Crippen LogP contribution in [0, 0.1) is 6.92 Å². The van der Waals surface area contributed by atoms with Crippen molar-refractivity contribution in [2.45, 2.75) is 38.6 Å². The highest BCUT2D eigenvalue weighted by atomic mass is 16.4. The molecule has 0 saturated carbocycles. The van der Waals surface area contributed by atoms with Crippen LogP contribution in [0.3, 0.4) is 0 Å². The number of carboxylic acid groups (broad SMARTS) is 1. The van der Waals surface area contributed by atoms with Crippen LogP contribution in [0.15, 0.2) is 35.1 Å². The minimum atomic E-state index is -0.975. The van der Waals surface area contributed by atoms with E-state index in [0.717, 1.165) is 12.8 Å². The Morgan fingerprint density at radius 1 is 1.38 bits per heavy atom. The molecule has 1 atom stereocenters. The molecule has 1 aromatic carbocycles. The standard InChI is InChI=1S/C18H21N3O3/c1-12-16(19-11-5-8-13-6-3-2-4-7-13)17(22)21-14(18(23)24)9-10-15(21)20-12/h2-4,6-7,14,19H,5,8-11H2,1H3,(H,23,24)/t14-/m0/s1. The van der Waals surface area contributed by atoms with Crippen LogP contribution in [0.25, 0.3) is 0 Å². The molecule has 0 spiro atoms. The predicted molar refractivity (Wildman–Crippen MR) is 91.5 cm³/mol. The number of aryl methyl sites for hydroxylation is 3. The monoisotopic (exact) mass is 327 g/mol.